The summed E-state index contributed by atoms with van der Waals surface area (Å²) in [6.45, 7) is 0.0465. The third kappa shape index (κ3) is 3.49. The maximum Gasteiger partial charge on any atom is 0.339 e. The van der Waals surface area contributed by atoms with Crippen LogP contribution in [0.3, 0.4) is 0 Å². The highest BCUT2D eigenvalue weighted by atomic mass is 79.9. The number of rotatable bonds is 4. The van der Waals surface area contributed by atoms with Crippen LogP contribution in [0.1, 0.15) is 15.9 Å². The van der Waals surface area contributed by atoms with Gasteiger partial charge in [-0.1, -0.05) is 33.6 Å². The van der Waals surface area contributed by atoms with E-state index in [1.54, 1.807) is 18.2 Å². The Morgan fingerprint density at radius 1 is 1.30 bits per heavy atom. The van der Waals surface area contributed by atoms with Crippen LogP contribution in [0.4, 0.5) is 4.39 Å². The van der Waals surface area contributed by atoms with Crippen molar-refractivity contribution in [2.75, 3.05) is 0 Å². The zero-order valence-corrected chi connectivity index (χ0v) is 12.4. The average molecular weight is 360 g/mol. The summed E-state index contributed by atoms with van der Waals surface area (Å²) in [5, 5.41) is 9.09. The lowest BCUT2D eigenvalue weighted by Gasteiger charge is -2.10. The van der Waals surface area contributed by atoms with Gasteiger partial charge in [-0.3, -0.25) is 0 Å². The molecule has 0 amide bonds. The van der Waals surface area contributed by atoms with Crippen molar-refractivity contribution < 1.29 is 19.0 Å². The molecule has 2 aromatic rings. The first-order valence-electron chi connectivity index (χ1n) is 5.57. The highest BCUT2D eigenvalue weighted by Crippen LogP contribution is 2.25. The number of halogens is 3. The second-order valence-electron chi connectivity index (χ2n) is 3.98. The Bertz CT molecular complexity index is 661. The number of hydrogen-bond acceptors (Lipinski definition) is 2. The highest BCUT2D eigenvalue weighted by molar-refractivity contribution is 9.10. The number of carboxylic acids is 1. The predicted molar refractivity (Wildman–Crippen MR) is 76.8 cm³/mol. The summed E-state index contributed by atoms with van der Waals surface area (Å²) in [4.78, 5) is 11.1. The Balaban J connectivity index is 2.20. The minimum absolute atomic E-state index is 0.0300. The third-order valence-corrected chi connectivity index (χ3v) is 3.35. The first-order chi connectivity index (χ1) is 9.47. The van der Waals surface area contributed by atoms with Gasteiger partial charge in [-0.05, 0) is 35.9 Å². The second-order valence-corrected chi connectivity index (χ2v) is 5.31. The number of ether oxygens (including phenoxy) is 1. The fourth-order valence-electron chi connectivity index (χ4n) is 1.58. The van der Waals surface area contributed by atoms with Crippen LogP contribution >= 0.6 is 27.5 Å². The van der Waals surface area contributed by atoms with Crippen LogP contribution in [0.25, 0.3) is 0 Å². The van der Waals surface area contributed by atoms with Gasteiger partial charge < -0.3 is 9.84 Å². The minimum atomic E-state index is -1.09. The number of benzene rings is 2. The quantitative estimate of drug-likeness (QED) is 0.873. The van der Waals surface area contributed by atoms with Crippen LogP contribution < -0.4 is 4.74 Å². The number of hydrogen-bond donors (Lipinski definition) is 1. The molecule has 20 heavy (non-hydrogen) atoms. The molecule has 2 aromatic carbocycles. The summed E-state index contributed by atoms with van der Waals surface area (Å²) < 4.78 is 19.4. The zero-order chi connectivity index (χ0) is 14.7. The van der Waals surface area contributed by atoms with Crippen molar-refractivity contribution in [3.05, 3.63) is 62.8 Å². The average Bonchev–Trinajstić information content (AvgIpc) is 2.40. The third-order valence-electron chi connectivity index (χ3n) is 2.55. The van der Waals surface area contributed by atoms with Gasteiger partial charge in [-0.15, -0.1) is 0 Å². The molecule has 0 aliphatic rings. The van der Waals surface area contributed by atoms with Crippen LogP contribution in [-0.4, -0.2) is 11.1 Å². The van der Waals surface area contributed by atoms with Crippen LogP contribution in [-0.2, 0) is 6.61 Å². The molecular formula is C14H9BrClFO3. The number of carbonyl (C=O) groups is 1. The molecule has 3 nitrogen and oxygen atoms in total. The minimum Gasteiger partial charge on any atom is -0.488 e. The van der Waals surface area contributed by atoms with Gasteiger partial charge in [0.15, 0.2) is 0 Å². The van der Waals surface area contributed by atoms with Gasteiger partial charge in [0.1, 0.15) is 23.7 Å². The topological polar surface area (TPSA) is 46.5 Å². The van der Waals surface area contributed by atoms with Crippen LogP contribution in [0.2, 0.25) is 5.02 Å². The van der Waals surface area contributed by atoms with Gasteiger partial charge in [-0.25, -0.2) is 9.18 Å². The Hall–Kier alpha value is -1.59. The van der Waals surface area contributed by atoms with E-state index in [-0.39, 0.29) is 22.9 Å². The molecule has 6 heteroatoms. The van der Waals surface area contributed by atoms with Gasteiger partial charge in [0.25, 0.3) is 0 Å². The summed E-state index contributed by atoms with van der Waals surface area (Å²) in [5.41, 5.74) is 0.603. The maximum atomic E-state index is 13.3. The van der Waals surface area contributed by atoms with Gasteiger partial charge in [0, 0.05) is 4.47 Å². The molecule has 0 spiro atoms. The fraction of sp³-hybridized carbons (Fsp3) is 0.0714. The number of aromatic carboxylic acids is 1. The van der Waals surface area contributed by atoms with Crippen molar-refractivity contribution in [2.24, 2.45) is 0 Å². The highest BCUT2D eigenvalue weighted by Gasteiger charge is 2.12. The van der Waals surface area contributed by atoms with Gasteiger partial charge >= 0.3 is 5.97 Å². The summed E-state index contributed by atoms with van der Waals surface area (Å²) >= 11 is 8.83. The molecule has 0 fully saturated rings. The summed E-state index contributed by atoms with van der Waals surface area (Å²) in [7, 11) is 0. The van der Waals surface area contributed by atoms with Crippen LogP contribution in [0, 0.1) is 5.82 Å². The van der Waals surface area contributed by atoms with E-state index in [2.05, 4.69) is 15.9 Å². The van der Waals surface area contributed by atoms with E-state index >= 15 is 0 Å². The molecule has 0 bridgehead atoms. The van der Waals surface area contributed by atoms with Gasteiger partial charge in [0.2, 0.25) is 0 Å². The first kappa shape index (κ1) is 14.8. The van der Waals surface area contributed by atoms with Gasteiger partial charge in [-0.2, -0.15) is 0 Å². The van der Waals surface area contributed by atoms with Crippen molar-refractivity contribution in [3.8, 4) is 5.75 Å². The first-order valence-corrected chi connectivity index (χ1v) is 6.74. The van der Waals surface area contributed by atoms with E-state index in [9.17, 15) is 9.18 Å². The normalized spacial score (nSPS) is 10.3. The lowest BCUT2D eigenvalue weighted by atomic mass is 10.2. The second kappa shape index (κ2) is 6.24. The monoisotopic (exact) mass is 358 g/mol. The Kier molecular flexibility index (Phi) is 4.62. The van der Waals surface area contributed by atoms with Crippen molar-refractivity contribution in [1.82, 2.24) is 0 Å². The fourth-order valence-corrected chi connectivity index (χ4v) is 2.04. The number of carboxylic acid groups (broad SMARTS) is 1. The lowest BCUT2D eigenvalue weighted by molar-refractivity contribution is 0.0691. The molecule has 0 unspecified atom stereocenters. The molecule has 1 N–H and O–H groups in total. The zero-order valence-electron chi connectivity index (χ0n) is 10.1. The van der Waals surface area contributed by atoms with E-state index in [4.69, 9.17) is 21.4 Å². The SMILES string of the molecule is O=C(O)c1ccc(Br)cc1OCc1ccc(Cl)c(F)c1. The Labute approximate surface area is 128 Å². The van der Waals surface area contributed by atoms with Crippen LogP contribution in [0.5, 0.6) is 5.75 Å². The summed E-state index contributed by atoms with van der Waals surface area (Å²) in [6, 6.07) is 8.89. The summed E-state index contributed by atoms with van der Waals surface area (Å²) in [5.74, 6) is -1.42. The largest absolute Gasteiger partial charge is 0.488 e. The molecule has 0 heterocycles. The van der Waals surface area contributed by atoms with E-state index in [0.29, 0.717) is 10.0 Å². The molecule has 0 saturated carbocycles. The van der Waals surface area contributed by atoms with Crippen molar-refractivity contribution in [2.45, 2.75) is 6.61 Å². The lowest BCUT2D eigenvalue weighted by Crippen LogP contribution is -2.03. The standard InChI is InChI=1S/C14H9BrClFO3/c15-9-2-3-10(14(18)19)13(6-9)20-7-8-1-4-11(16)12(17)5-8/h1-6H,7H2,(H,18,19). The molecule has 0 aliphatic carbocycles. The van der Waals surface area contributed by atoms with Crippen molar-refractivity contribution >= 4 is 33.5 Å². The predicted octanol–water partition coefficient (Wildman–Crippen LogP) is 4.52. The Morgan fingerprint density at radius 2 is 2.05 bits per heavy atom. The van der Waals surface area contributed by atoms with Crippen LogP contribution in [0.15, 0.2) is 40.9 Å². The molecule has 0 aliphatic heterocycles. The van der Waals surface area contributed by atoms with E-state index in [1.807, 2.05) is 0 Å². The molecule has 0 radical (unpaired) electrons. The maximum absolute atomic E-state index is 13.3. The molecule has 104 valence electrons. The van der Waals surface area contributed by atoms with E-state index < -0.39 is 11.8 Å². The summed E-state index contributed by atoms with van der Waals surface area (Å²) in [6.07, 6.45) is 0. The molecule has 0 atom stereocenters. The van der Waals surface area contributed by atoms with E-state index in [1.165, 1.54) is 18.2 Å². The van der Waals surface area contributed by atoms with Crippen molar-refractivity contribution in [1.29, 1.82) is 0 Å². The van der Waals surface area contributed by atoms with E-state index in [0.717, 1.165) is 0 Å². The molecule has 0 saturated heterocycles. The van der Waals surface area contributed by atoms with Crippen molar-refractivity contribution in [3.63, 3.8) is 0 Å². The smallest absolute Gasteiger partial charge is 0.339 e. The molecular weight excluding hydrogens is 351 g/mol. The molecule has 2 rings (SSSR count). The molecule has 0 aromatic heterocycles. The van der Waals surface area contributed by atoms with Gasteiger partial charge in [0.05, 0.1) is 5.02 Å². The Morgan fingerprint density at radius 3 is 2.70 bits per heavy atom.